The van der Waals surface area contributed by atoms with Crippen molar-refractivity contribution in [3.63, 3.8) is 0 Å². The van der Waals surface area contributed by atoms with E-state index in [1.165, 1.54) is 24.3 Å². The Bertz CT molecular complexity index is 326. The molecule has 60 valence electrons. The van der Waals surface area contributed by atoms with Gasteiger partial charge in [-0.1, -0.05) is 0 Å². The molecule has 0 aliphatic heterocycles. The Kier molecular flexibility index (Phi) is 2.38. The second kappa shape index (κ2) is 3.49. The van der Waals surface area contributed by atoms with Gasteiger partial charge in [-0.15, -0.1) is 0 Å². The van der Waals surface area contributed by atoms with E-state index in [9.17, 15) is 9.32 Å². The summed E-state index contributed by atoms with van der Waals surface area (Å²) in [6.07, 6.45) is 0. The Hall–Kier alpha value is -1.89. The zero-order valence-corrected chi connectivity index (χ0v) is 5.95. The molecule has 0 saturated carbocycles. The first-order valence-corrected chi connectivity index (χ1v) is 3.11. The molecular formula is C8H4FNO2. The maximum absolute atomic E-state index is 11.3. The third-order valence-corrected chi connectivity index (χ3v) is 1.32. The van der Waals surface area contributed by atoms with Crippen molar-refractivity contribution < 1.29 is 14.3 Å². The van der Waals surface area contributed by atoms with Crippen molar-refractivity contribution in [2.75, 3.05) is 0 Å². The van der Waals surface area contributed by atoms with Crippen molar-refractivity contribution in [3.8, 4) is 6.07 Å². The minimum atomic E-state index is -1.06. The monoisotopic (exact) mass is 165 g/mol. The van der Waals surface area contributed by atoms with E-state index < -0.39 is 5.97 Å². The molecule has 0 N–H and O–H groups in total. The fraction of sp³-hybridized carbons (Fsp3) is 0. The SMILES string of the molecule is N#Cc1ccc(C(=O)OF)cc1. The Morgan fingerprint density at radius 3 is 2.42 bits per heavy atom. The molecule has 0 atom stereocenters. The zero-order valence-electron chi connectivity index (χ0n) is 5.95. The van der Waals surface area contributed by atoms with Crippen LogP contribution in [0.5, 0.6) is 0 Å². The number of carbonyl (C=O) groups is 1. The predicted octanol–water partition coefficient (Wildman–Crippen LogP) is 1.60. The molecule has 0 unspecified atom stereocenters. The van der Waals surface area contributed by atoms with Gasteiger partial charge in [0, 0.05) is 4.53 Å². The lowest BCUT2D eigenvalue weighted by atomic mass is 10.1. The molecule has 0 aliphatic rings. The van der Waals surface area contributed by atoms with E-state index in [0.29, 0.717) is 5.56 Å². The van der Waals surface area contributed by atoms with Crippen LogP contribution < -0.4 is 0 Å². The Balaban J connectivity index is 2.94. The van der Waals surface area contributed by atoms with Crippen LogP contribution in [0.25, 0.3) is 0 Å². The molecule has 0 aliphatic carbocycles. The van der Waals surface area contributed by atoms with Crippen LogP contribution in [0.1, 0.15) is 15.9 Å². The standard InChI is InChI=1S/C8H4FNO2/c9-12-8(11)7-3-1-6(5-10)2-4-7/h1-4H. The van der Waals surface area contributed by atoms with E-state index in [4.69, 9.17) is 5.26 Å². The van der Waals surface area contributed by atoms with Gasteiger partial charge >= 0.3 is 5.97 Å². The number of benzene rings is 1. The van der Waals surface area contributed by atoms with Crippen LogP contribution in [0.4, 0.5) is 4.53 Å². The van der Waals surface area contributed by atoms with E-state index in [1.807, 2.05) is 6.07 Å². The number of halogens is 1. The summed E-state index contributed by atoms with van der Waals surface area (Å²) in [6.45, 7) is 0. The first-order chi connectivity index (χ1) is 5.77. The van der Waals surface area contributed by atoms with Gasteiger partial charge in [-0.05, 0) is 24.3 Å². The van der Waals surface area contributed by atoms with Crippen LogP contribution in [-0.4, -0.2) is 5.97 Å². The summed E-state index contributed by atoms with van der Waals surface area (Å²) < 4.78 is 11.3. The molecule has 1 aromatic rings. The zero-order chi connectivity index (χ0) is 8.97. The van der Waals surface area contributed by atoms with Gasteiger partial charge in [0.2, 0.25) is 0 Å². The molecule has 0 heterocycles. The van der Waals surface area contributed by atoms with Gasteiger partial charge < -0.3 is 0 Å². The highest BCUT2D eigenvalue weighted by molar-refractivity contribution is 5.88. The second-order valence-corrected chi connectivity index (χ2v) is 2.05. The summed E-state index contributed by atoms with van der Waals surface area (Å²) in [5, 5.41) is 8.38. The molecule has 4 heteroatoms. The second-order valence-electron chi connectivity index (χ2n) is 2.05. The van der Waals surface area contributed by atoms with E-state index >= 15 is 0 Å². The maximum atomic E-state index is 11.3. The Morgan fingerprint density at radius 2 is 2.00 bits per heavy atom. The van der Waals surface area contributed by atoms with Crippen molar-refractivity contribution in [2.45, 2.75) is 0 Å². The number of nitriles is 1. The summed E-state index contributed by atoms with van der Waals surface area (Å²) in [5.74, 6) is -1.06. The van der Waals surface area contributed by atoms with Crippen LogP contribution in [0, 0.1) is 11.3 Å². The molecule has 3 nitrogen and oxygen atoms in total. The molecule has 12 heavy (non-hydrogen) atoms. The number of carbonyl (C=O) groups excluding carboxylic acids is 1. The van der Waals surface area contributed by atoms with Gasteiger partial charge in [0.05, 0.1) is 17.2 Å². The molecule has 0 fully saturated rings. The van der Waals surface area contributed by atoms with E-state index in [1.54, 1.807) is 0 Å². The van der Waals surface area contributed by atoms with Crippen LogP contribution in [0.3, 0.4) is 0 Å². The van der Waals surface area contributed by atoms with Crippen molar-refractivity contribution in [1.82, 2.24) is 0 Å². The topological polar surface area (TPSA) is 50.1 Å². The first-order valence-electron chi connectivity index (χ1n) is 3.11. The van der Waals surface area contributed by atoms with Crippen LogP contribution in [0.2, 0.25) is 0 Å². The number of nitrogens with zero attached hydrogens (tertiary/aromatic N) is 1. The third-order valence-electron chi connectivity index (χ3n) is 1.32. The van der Waals surface area contributed by atoms with Crippen LogP contribution in [-0.2, 0) is 4.94 Å². The molecule has 0 aromatic heterocycles. The maximum Gasteiger partial charge on any atom is 0.379 e. The molecular weight excluding hydrogens is 161 g/mol. The van der Waals surface area contributed by atoms with E-state index in [0.717, 1.165) is 0 Å². The fourth-order valence-corrected chi connectivity index (χ4v) is 0.725. The highest BCUT2D eigenvalue weighted by Crippen LogP contribution is 2.04. The summed E-state index contributed by atoms with van der Waals surface area (Å²) >= 11 is 0. The lowest BCUT2D eigenvalue weighted by Crippen LogP contribution is -1.97. The highest BCUT2D eigenvalue weighted by Gasteiger charge is 2.06. The smallest absolute Gasteiger partial charge is 0.249 e. The normalized spacial score (nSPS) is 8.67. The highest BCUT2D eigenvalue weighted by atomic mass is 19.3. The van der Waals surface area contributed by atoms with Gasteiger partial charge in [-0.2, -0.15) is 5.26 Å². The van der Waals surface area contributed by atoms with E-state index in [2.05, 4.69) is 4.94 Å². The van der Waals surface area contributed by atoms with Gasteiger partial charge in [-0.3, -0.25) is 0 Å². The lowest BCUT2D eigenvalue weighted by molar-refractivity contribution is -0.0788. The Labute approximate surface area is 67.9 Å². The summed E-state index contributed by atoms with van der Waals surface area (Å²) in [4.78, 5) is 13.5. The van der Waals surface area contributed by atoms with E-state index in [-0.39, 0.29) is 5.56 Å². The fourth-order valence-electron chi connectivity index (χ4n) is 0.725. The van der Waals surface area contributed by atoms with Crippen LogP contribution in [0.15, 0.2) is 24.3 Å². The minimum Gasteiger partial charge on any atom is -0.249 e. The van der Waals surface area contributed by atoms with Gasteiger partial charge in [0.1, 0.15) is 0 Å². The number of rotatable bonds is 1. The first kappa shape index (κ1) is 8.21. The molecule has 0 spiro atoms. The largest absolute Gasteiger partial charge is 0.379 e. The molecule has 1 aromatic carbocycles. The Morgan fingerprint density at radius 1 is 1.42 bits per heavy atom. The average molecular weight is 165 g/mol. The van der Waals surface area contributed by atoms with Crippen molar-refractivity contribution in [3.05, 3.63) is 35.4 Å². The number of hydrogen-bond donors (Lipinski definition) is 0. The van der Waals surface area contributed by atoms with Crippen molar-refractivity contribution >= 4 is 5.97 Å². The van der Waals surface area contributed by atoms with Gasteiger partial charge in [0.25, 0.3) is 0 Å². The summed E-state index contributed by atoms with van der Waals surface area (Å²) in [5.41, 5.74) is 0.488. The average Bonchev–Trinajstić information content (AvgIpc) is 2.17. The van der Waals surface area contributed by atoms with Crippen molar-refractivity contribution in [2.24, 2.45) is 0 Å². The molecule has 0 radical (unpaired) electrons. The minimum absolute atomic E-state index is 0.0801. The molecule has 1 rings (SSSR count). The van der Waals surface area contributed by atoms with Crippen molar-refractivity contribution in [1.29, 1.82) is 5.26 Å². The van der Waals surface area contributed by atoms with Gasteiger partial charge in [0.15, 0.2) is 0 Å². The molecule has 0 amide bonds. The molecule has 0 bridgehead atoms. The summed E-state index contributed by atoms with van der Waals surface area (Å²) in [6, 6.07) is 7.32. The lowest BCUT2D eigenvalue weighted by Gasteiger charge is -1.93. The number of hydrogen-bond acceptors (Lipinski definition) is 3. The molecule has 0 saturated heterocycles. The quantitative estimate of drug-likeness (QED) is 0.635. The summed E-state index contributed by atoms with van der Waals surface area (Å²) in [7, 11) is 0. The van der Waals surface area contributed by atoms with Crippen LogP contribution >= 0.6 is 0 Å². The third kappa shape index (κ3) is 1.58. The van der Waals surface area contributed by atoms with Gasteiger partial charge in [-0.25, -0.2) is 9.74 Å². The predicted molar refractivity (Wildman–Crippen MR) is 37.7 cm³/mol.